The van der Waals surface area contributed by atoms with Gasteiger partial charge < -0.3 is 14.6 Å². The van der Waals surface area contributed by atoms with Gasteiger partial charge in [-0.05, 0) is 82.2 Å². The number of hydrogen-bond donors (Lipinski definition) is 1. The van der Waals surface area contributed by atoms with Gasteiger partial charge in [0.25, 0.3) is 0 Å². The van der Waals surface area contributed by atoms with Gasteiger partial charge >= 0.3 is 11.9 Å². The fourth-order valence-electron chi connectivity index (χ4n) is 5.37. The Morgan fingerprint density at radius 2 is 1.70 bits per heavy atom. The molecule has 4 rings (SSSR count). The van der Waals surface area contributed by atoms with E-state index in [1.165, 1.54) is 12.8 Å². The molecular weight excluding hydrogens is 466 g/mol. The van der Waals surface area contributed by atoms with Crippen LogP contribution in [0.2, 0.25) is 0 Å². The Bertz CT molecular complexity index is 1110. The first-order valence-corrected chi connectivity index (χ1v) is 13.5. The maximum atomic E-state index is 13.2. The van der Waals surface area contributed by atoms with Crippen LogP contribution in [0.4, 0.5) is 0 Å². The van der Waals surface area contributed by atoms with Crippen LogP contribution >= 0.6 is 0 Å². The van der Waals surface area contributed by atoms with E-state index < -0.39 is 11.9 Å². The molecule has 1 saturated carbocycles. The first-order valence-electron chi connectivity index (χ1n) is 13.5. The lowest BCUT2D eigenvalue weighted by atomic mass is 9.72. The number of carbonyl (C=O) groups excluding carboxylic acids is 1. The molecule has 0 spiro atoms. The van der Waals surface area contributed by atoms with E-state index >= 15 is 0 Å². The second kappa shape index (κ2) is 11.3. The van der Waals surface area contributed by atoms with Crippen molar-refractivity contribution in [1.82, 2.24) is 4.90 Å². The van der Waals surface area contributed by atoms with Crippen molar-refractivity contribution in [3.05, 3.63) is 58.7 Å². The Kier molecular flexibility index (Phi) is 8.74. The van der Waals surface area contributed by atoms with Crippen molar-refractivity contribution in [3.8, 4) is 11.5 Å². The Hall–Kier alpha value is -2.86. The molecule has 0 unspecified atom stereocenters. The number of esters is 1. The van der Waals surface area contributed by atoms with Crippen LogP contribution < -0.4 is 9.47 Å². The topological polar surface area (TPSA) is 76.1 Å². The summed E-state index contributed by atoms with van der Waals surface area (Å²) in [5.41, 5.74) is 2.76. The van der Waals surface area contributed by atoms with Crippen molar-refractivity contribution < 1.29 is 24.2 Å². The predicted octanol–water partition coefficient (Wildman–Crippen LogP) is 6.77. The lowest BCUT2D eigenvalue weighted by molar-refractivity contribution is -0.136. The summed E-state index contributed by atoms with van der Waals surface area (Å²) in [4.78, 5) is 26.7. The van der Waals surface area contributed by atoms with Crippen molar-refractivity contribution >= 4 is 11.9 Å². The third-order valence-electron chi connectivity index (χ3n) is 6.90. The molecule has 1 heterocycles. The molecule has 1 fully saturated rings. The normalized spacial score (nSPS) is 17.4. The summed E-state index contributed by atoms with van der Waals surface area (Å²) in [7, 11) is 0. The summed E-state index contributed by atoms with van der Waals surface area (Å²) in [6.45, 7) is 17.8. The number of aliphatic carboxylic acids is 1. The van der Waals surface area contributed by atoms with Gasteiger partial charge in [-0.3, -0.25) is 9.69 Å². The average molecular weight is 510 g/mol. The van der Waals surface area contributed by atoms with Crippen LogP contribution in [-0.4, -0.2) is 39.6 Å². The second-order valence-electron chi connectivity index (χ2n) is 11.5. The van der Waals surface area contributed by atoms with Gasteiger partial charge in [0.2, 0.25) is 0 Å². The number of ether oxygens (including phenoxy) is 2. The summed E-state index contributed by atoms with van der Waals surface area (Å²) in [6.07, 6.45) is 3.18. The summed E-state index contributed by atoms with van der Waals surface area (Å²) in [5.74, 6) is -0.0388. The molecule has 2 aliphatic rings. The van der Waals surface area contributed by atoms with Crippen molar-refractivity contribution in [2.75, 3.05) is 0 Å². The minimum Gasteiger partial charge on any atom is -0.487 e. The number of nitrogens with zero attached hydrogens (tertiary/aromatic N) is 1. The van der Waals surface area contributed by atoms with E-state index in [4.69, 9.17) is 14.6 Å². The van der Waals surface area contributed by atoms with Crippen molar-refractivity contribution in [1.29, 1.82) is 0 Å². The first-order chi connectivity index (χ1) is 17.3. The highest BCUT2D eigenvalue weighted by Gasteiger charge is 2.41. The van der Waals surface area contributed by atoms with Crippen molar-refractivity contribution in [3.63, 3.8) is 0 Å². The van der Waals surface area contributed by atoms with Gasteiger partial charge in [0.1, 0.15) is 17.1 Å². The maximum absolute atomic E-state index is 13.2. The summed E-state index contributed by atoms with van der Waals surface area (Å²) in [5, 5.41) is 8.96. The molecule has 0 radical (unpaired) electrons. The zero-order valence-corrected chi connectivity index (χ0v) is 23.7. The number of fused-ring (bicyclic) bond motifs is 1. The van der Waals surface area contributed by atoms with Gasteiger partial charge in [-0.2, -0.15) is 0 Å². The van der Waals surface area contributed by atoms with Gasteiger partial charge in [0.15, 0.2) is 0 Å². The highest BCUT2D eigenvalue weighted by Crippen LogP contribution is 2.47. The molecule has 0 amide bonds. The van der Waals surface area contributed by atoms with Gasteiger partial charge in [0.05, 0.1) is 12.0 Å². The first kappa shape index (κ1) is 28.7. The number of rotatable bonds is 8. The molecule has 1 aliphatic carbocycles. The Morgan fingerprint density at radius 3 is 2.24 bits per heavy atom. The number of carboxylic acid groups (broad SMARTS) is 1. The molecule has 2 aromatic carbocycles. The van der Waals surface area contributed by atoms with Gasteiger partial charge in [-0.25, -0.2) is 4.79 Å². The van der Waals surface area contributed by atoms with Crippen LogP contribution in [0.25, 0.3) is 0 Å². The molecule has 6 nitrogen and oxygen atoms in total. The van der Waals surface area contributed by atoms with Crippen LogP contribution in [0, 0.1) is 0 Å². The summed E-state index contributed by atoms with van der Waals surface area (Å²) < 4.78 is 12.2. The average Bonchev–Trinajstić information content (AvgIpc) is 3.63. The van der Waals surface area contributed by atoms with E-state index in [2.05, 4.69) is 46.4 Å². The van der Waals surface area contributed by atoms with Crippen molar-refractivity contribution in [2.24, 2.45) is 0 Å². The Labute approximate surface area is 222 Å². The second-order valence-corrected chi connectivity index (χ2v) is 11.5. The van der Waals surface area contributed by atoms with Crippen LogP contribution in [0.5, 0.6) is 11.5 Å². The van der Waals surface area contributed by atoms with Crippen molar-refractivity contribution in [2.45, 2.75) is 111 Å². The number of carboxylic acids is 1. The summed E-state index contributed by atoms with van der Waals surface area (Å²) >= 11 is 0. The van der Waals surface area contributed by atoms with Gasteiger partial charge in [-0.1, -0.05) is 39.8 Å². The van der Waals surface area contributed by atoms with Crippen LogP contribution in [0.3, 0.4) is 0 Å². The van der Waals surface area contributed by atoms with Crippen LogP contribution in [0.15, 0.2) is 36.4 Å². The highest BCUT2D eigenvalue weighted by molar-refractivity contribution is 5.92. The predicted molar refractivity (Wildman–Crippen MR) is 147 cm³/mol. The quantitative estimate of drug-likeness (QED) is 0.313. The molecule has 202 valence electrons. The van der Waals surface area contributed by atoms with Gasteiger partial charge in [-0.15, -0.1) is 0 Å². The standard InChI is InChI=1S/C29H37NO5.C2H6/c1-18(2)30(22-9-10-22)16-21-14-20(15-24-26(21)35-29(5,6)17-28(24,3)4)27(33)34-23-11-7-19(8-12-23)13-25(31)32;1-2/h7-8,11-12,14-15,18,22H,9-10,13,16-17H2,1-6H3,(H,31,32);1-2H3. The smallest absolute Gasteiger partial charge is 0.343 e. The van der Waals surface area contributed by atoms with Gasteiger partial charge in [0, 0.05) is 29.8 Å². The lowest BCUT2D eigenvalue weighted by Crippen LogP contribution is -2.42. The number of carbonyl (C=O) groups is 2. The highest BCUT2D eigenvalue weighted by atomic mass is 16.5. The fraction of sp³-hybridized carbons (Fsp3) is 0.548. The molecule has 1 aliphatic heterocycles. The molecular formula is C31H43NO5. The summed E-state index contributed by atoms with van der Waals surface area (Å²) in [6, 6.07) is 11.4. The van der Waals surface area contributed by atoms with E-state index in [-0.39, 0.29) is 17.4 Å². The lowest BCUT2D eigenvalue weighted by Gasteiger charge is -2.44. The molecule has 37 heavy (non-hydrogen) atoms. The third-order valence-corrected chi connectivity index (χ3v) is 6.90. The van der Waals surface area contributed by atoms with E-state index in [9.17, 15) is 9.59 Å². The minimum atomic E-state index is -0.897. The SMILES string of the molecule is CC.CC(C)N(Cc1cc(C(=O)Oc2ccc(CC(=O)O)cc2)cc2c1OC(C)(C)CC2(C)C)C1CC1. The zero-order valence-electron chi connectivity index (χ0n) is 23.7. The van der Waals surface area contributed by atoms with E-state index in [1.54, 1.807) is 24.3 Å². The Morgan fingerprint density at radius 1 is 1.08 bits per heavy atom. The Balaban J connectivity index is 0.00000186. The molecule has 1 N–H and O–H groups in total. The molecule has 0 saturated heterocycles. The number of hydrogen-bond acceptors (Lipinski definition) is 5. The van der Waals surface area contributed by atoms with E-state index in [0.717, 1.165) is 29.8 Å². The van der Waals surface area contributed by atoms with E-state index in [0.29, 0.717) is 29.0 Å². The third kappa shape index (κ3) is 7.13. The monoisotopic (exact) mass is 509 g/mol. The molecule has 2 aromatic rings. The molecule has 0 bridgehead atoms. The van der Waals surface area contributed by atoms with Crippen LogP contribution in [-0.2, 0) is 23.2 Å². The molecule has 0 atom stereocenters. The van der Waals surface area contributed by atoms with Crippen LogP contribution in [0.1, 0.15) is 102 Å². The zero-order chi connectivity index (χ0) is 27.5. The van der Waals surface area contributed by atoms with E-state index in [1.807, 2.05) is 26.0 Å². The fourth-order valence-corrected chi connectivity index (χ4v) is 5.37. The molecule has 6 heteroatoms. The molecule has 0 aromatic heterocycles. The number of benzene rings is 2. The maximum Gasteiger partial charge on any atom is 0.343 e. The largest absolute Gasteiger partial charge is 0.487 e. The minimum absolute atomic E-state index is 0.0683.